The Bertz CT molecular complexity index is 159. The Hall–Kier alpha value is -0.570. The maximum atomic E-state index is 10.9. The first-order chi connectivity index (χ1) is 4.84. The molecule has 0 radical (unpaired) electrons. The van der Waals surface area contributed by atoms with Crippen molar-refractivity contribution in [1.82, 2.24) is 4.90 Å². The Morgan fingerprint density at radius 2 is 2.50 bits per heavy atom. The second-order valence-electron chi connectivity index (χ2n) is 2.92. The first-order valence-electron chi connectivity index (χ1n) is 3.68. The molecule has 0 bridgehead atoms. The highest BCUT2D eigenvalue weighted by Crippen LogP contribution is 2.38. The van der Waals surface area contributed by atoms with Crippen LogP contribution in [0.25, 0.3) is 0 Å². The standard InChI is InChI=1S/C7H11NO2/c1-10-7(9)6-5-3-2-4-8(5)6/h5-6H,2-4H2,1H3. The minimum atomic E-state index is -0.0512. The van der Waals surface area contributed by atoms with Crippen LogP contribution in [0.1, 0.15) is 12.8 Å². The van der Waals surface area contributed by atoms with E-state index in [1.54, 1.807) is 0 Å². The quantitative estimate of drug-likeness (QED) is 0.380. The van der Waals surface area contributed by atoms with Crippen molar-refractivity contribution in [2.75, 3.05) is 13.7 Å². The van der Waals surface area contributed by atoms with Crippen LogP contribution >= 0.6 is 0 Å². The monoisotopic (exact) mass is 141 g/mol. The second kappa shape index (κ2) is 1.95. The highest BCUT2D eigenvalue weighted by molar-refractivity contribution is 5.80. The van der Waals surface area contributed by atoms with Gasteiger partial charge in [-0.1, -0.05) is 0 Å². The zero-order valence-electron chi connectivity index (χ0n) is 6.04. The summed E-state index contributed by atoms with van der Waals surface area (Å²) in [6, 6.07) is 0.659. The van der Waals surface area contributed by atoms with Crippen LogP contribution in [0.15, 0.2) is 0 Å². The Balaban J connectivity index is 1.94. The van der Waals surface area contributed by atoms with E-state index in [0.29, 0.717) is 6.04 Å². The molecule has 2 rings (SSSR count). The van der Waals surface area contributed by atoms with Crippen LogP contribution in [0.3, 0.4) is 0 Å². The van der Waals surface area contributed by atoms with Crippen LogP contribution in [-0.4, -0.2) is 36.6 Å². The molecule has 2 fully saturated rings. The molecule has 2 aliphatic heterocycles. The van der Waals surface area contributed by atoms with E-state index in [1.807, 2.05) is 0 Å². The zero-order chi connectivity index (χ0) is 7.14. The van der Waals surface area contributed by atoms with E-state index in [9.17, 15) is 4.79 Å². The molecule has 0 spiro atoms. The summed E-state index contributed by atoms with van der Waals surface area (Å²) in [5, 5.41) is 0. The fourth-order valence-electron chi connectivity index (χ4n) is 1.86. The SMILES string of the molecule is COC(=O)C1C2CCCN21. The number of ether oxygens (including phenoxy) is 1. The molecule has 2 aliphatic rings. The third-order valence-electron chi connectivity index (χ3n) is 2.42. The van der Waals surface area contributed by atoms with Crippen LogP contribution < -0.4 is 0 Å². The molecule has 0 aromatic rings. The molecule has 2 saturated heterocycles. The van der Waals surface area contributed by atoms with Gasteiger partial charge in [0.1, 0.15) is 6.04 Å². The van der Waals surface area contributed by atoms with Crippen molar-refractivity contribution in [2.24, 2.45) is 0 Å². The molecule has 3 heteroatoms. The predicted octanol–water partition coefficient (Wildman–Crippen LogP) is 0.00600. The highest BCUT2D eigenvalue weighted by atomic mass is 16.5. The largest absolute Gasteiger partial charge is 0.468 e. The molecule has 0 aromatic heterocycles. The lowest BCUT2D eigenvalue weighted by Crippen LogP contribution is -2.16. The molecular formula is C7H11NO2. The van der Waals surface area contributed by atoms with Crippen LogP contribution in [0, 0.1) is 0 Å². The van der Waals surface area contributed by atoms with Gasteiger partial charge in [-0.25, -0.2) is 0 Å². The van der Waals surface area contributed by atoms with E-state index >= 15 is 0 Å². The first-order valence-corrected chi connectivity index (χ1v) is 3.68. The van der Waals surface area contributed by atoms with Gasteiger partial charge in [-0.15, -0.1) is 0 Å². The predicted molar refractivity (Wildman–Crippen MR) is 35.5 cm³/mol. The van der Waals surface area contributed by atoms with Crippen LogP contribution in [0.2, 0.25) is 0 Å². The smallest absolute Gasteiger partial charge is 0.324 e. The van der Waals surface area contributed by atoms with Gasteiger partial charge in [-0.05, 0) is 19.4 Å². The van der Waals surface area contributed by atoms with Crippen molar-refractivity contribution >= 4 is 5.97 Å². The summed E-state index contributed by atoms with van der Waals surface area (Å²) in [6.45, 7) is 1.09. The topological polar surface area (TPSA) is 29.3 Å². The van der Waals surface area contributed by atoms with Crippen LogP contribution in [0.4, 0.5) is 0 Å². The lowest BCUT2D eigenvalue weighted by atomic mass is 10.2. The third-order valence-corrected chi connectivity index (χ3v) is 2.42. The van der Waals surface area contributed by atoms with Gasteiger partial charge in [0.15, 0.2) is 0 Å². The zero-order valence-corrected chi connectivity index (χ0v) is 6.04. The van der Waals surface area contributed by atoms with Crippen LogP contribution in [-0.2, 0) is 9.53 Å². The second-order valence-corrected chi connectivity index (χ2v) is 2.92. The van der Waals surface area contributed by atoms with E-state index in [4.69, 9.17) is 0 Å². The average Bonchev–Trinajstić information content (AvgIpc) is 2.43. The van der Waals surface area contributed by atoms with E-state index in [-0.39, 0.29) is 12.0 Å². The molecular weight excluding hydrogens is 130 g/mol. The van der Waals surface area contributed by atoms with Crippen molar-refractivity contribution in [3.8, 4) is 0 Å². The van der Waals surface area contributed by atoms with Gasteiger partial charge < -0.3 is 4.74 Å². The number of carbonyl (C=O) groups is 1. The van der Waals surface area contributed by atoms with E-state index in [0.717, 1.165) is 6.54 Å². The lowest BCUT2D eigenvalue weighted by molar-refractivity contribution is -0.141. The molecule has 3 nitrogen and oxygen atoms in total. The molecule has 0 aliphatic carbocycles. The molecule has 0 amide bonds. The van der Waals surface area contributed by atoms with Crippen molar-refractivity contribution in [2.45, 2.75) is 24.9 Å². The molecule has 10 heavy (non-hydrogen) atoms. The van der Waals surface area contributed by atoms with Gasteiger partial charge in [-0.2, -0.15) is 0 Å². The minimum absolute atomic E-state index is 0.0512. The number of hydrogen-bond donors (Lipinski definition) is 0. The van der Waals surface area contributed by atoms with Crippen LogP contribution in [0.5, 0.6) is 0 Å². The summed E-state index contributed by atoms with van der Waals surface area (Å²) in [5.74, 6) is -0.0512. The maximum absolute atomic E-state index is 10.9. The normalized spacial score (nSPS) is 42.7. The van der Waals surface area contributed by atoms with E-state index < -0.39 is 0 Å². The number of nitrogens with zero attached hydrogens (tertiary/aromatic N) is 1. The fraction of sp³-hybridized carbons (Fsp3) is 0.857. The first kappa shape index (κ1) is 6.16. The Morgan fingerprint density at radius 1 is 1.70 bits per heavy atom. The summed E-state index contributed by atoms with van der Waals surface area (Å²) in [6.07, 6.45) is 2.43. The maximum Gasteiger partial charge on any atom is 0.324 e. The van der Waals surface area contributed by atoms with Gasteiger partial charge in [0.2, 0.25) is 0 Å². The van der Waals surface area contributed by atoms with Crippen molar-refractivity contribution < 1.29 is 9.53 Å². The Labute approximate surface area is 60.0 Å². The number of carbonyl (C=O) groups excluding carboxylic acids is 1. The van der Waals surface area contributed by atoms with E-state index in [1.165, 1.54) is 20.0 Å². The molecule has 3 atom stereocenters. The molecule has 0 saturated carbocycles. The fourth-order valence-corrected chi connectivity index (χ4v) is 1.86. The number of esters is 1. The highest BCUT2D eigenvalue weighted by Gasteiger charge is 2.55. The van der Waals surface area contributed by atoms with Gasteiger partial charge in [0, 0.05) is 6.04 Å². The average molecular weight is 141 g/mol. The summed E-state index contributed by atoms with van der Waals surface area (Å²) in [5.41, 5.74) is 0. The number of rotatable bonds is 1. The van der Waals surface area contributed by atoms with Crippen molar-refractivity contribution in [3.05, 3.63) is 0 Å². The summed E-state index contributed by atoms with van der Waals surface area (Å²) in [4.78, 5) is 13.1. The molecule has 56 valence electrons. The van der Waals surface area contributed by atoms with Crippen molar-refractivity contribution in [1.29, 1.82) is 0 Å². The van der Waals surface area contributed by atoms with Gasteiger partial charge in [-0.3, -0.25) is 9.69 Å². The number of methoxy groups -OCH3 is 1. The summed E-state index contributed by atoms with van der Waals surface area (Å²) in [7, 11) is 1.46. The molecule has 0 aromatic carbocycles. The third kappa shape index (κ3) is 0.669. The summed E-state index contributed by atoms with van der Waals surface area (Å²) >= 11 is 0. The Kier molecular flexibility index (Phi) is 1.20. The van der Waals surface area contributed by atoms with Gasteiger partial charge in [0.05, 0.1) is 7.11 Å². The number of hydrogen-bond acceptors (Lipinski definition) is 3. The van der Waals surface area contributed by atoms with Gasteiger partial charge >= 0.3 is 5.97 Å². The van der Waals surface area contributed by atoms with Gasteiger partial charge in [0.25, 0.3) is 0 Å². The number of piperidine rings is 1. The van der Waals surface area contributed by atoms with Crippen molar-refractivity contribution in [3.63, 3.8) is 0 Å². The molecule has 3 unspecified atom stereocenters. The van der Waals surface area contributed by atoms with E-state index in [2.05, 4.69) is 9.64 Å². The minimum Gasteiger partial charge on any atom is -0.468 e. The Morgan fingerprint density at radius 3 is 3.00 bits per heavy atom. The summed E-state index contributed by atoms with van der Waals surface area (Å²) < 4.78 is 4.63. The molecule has 2 heterocycles. The lowest BCUT2D eigenvalue weighted by Gasteiger charge is -1.98. The molecule has 0 N–H and O–H groups in total. The number of fused-ring (bicyclic) bond motifs is 1.